The van der Waals surface area contributed by atoms with Crippen molar-refractivity contribution in [3.05, 3.63) is 18.4 Å². The Hall–Kier alpha value is -0.960. The van der Waals surface area contributed by atoms with Gasteiger partial charge in [-0.05, 0) is 6.07 Å². The highest BCUT2D eigenvalue weighted by atomic mass is 16.5. The maximum Gasteiger partial charge on any atom is 0.195 e. The molecule has 0 radical (unpaired) electrons. The van der Waals surface area contributed by atoms with Gasteiger partial charge in [-0.2, -0.15) is 0 Å². The molecule has 1 rings (SSSR count). The van der Waals surface area contributed by atoms with E-state index < -0.39 is 0 Å². The molecule has 0 N–H and O–H groups in total. The van der Waals surface area contributed by atoms with Gasteiger partial charge in [-0.25, -0.2) is 0 Å². The molecule has 0 aliphatic rings. The summed E-state index contributed by atoms with van der Waals surface area (Å²) in [5.41, 5.74) is 0. The molecule has 0 amide bonds. The number of hydrogen-bond acceptors (Lipinski definition) is 3. The van der Waals surface area contributed by atoms with Crippen molar-refractivity contribution in [1.29, 1.82) is 0 Å². The van der Waals surface area contributed by atoms with Gasteiger partial charge in [0, 0.05) is 26.8 Å². The fraction of sp³-hybridized carbons (Fsp3) is 0.500. The zero-order valence-electron chi connectivity index (χ0n) is 6.91. The topological polar surface area (TPSA) is 25.6 Å². The van der Waals surface area contributed by atoms with E-state index in [0.29, 0.717) is 0 Å². The first-order chi connectivity index (χ1) is 5.34. The second kappa shape index (κ2) is 4.03. The number of nitrogens with zero attached hydrogens (tertiary/aromatic N) is 1. The Bertz CT molecular complexity index is 184. The number of furan rings is 1. The monoisotopic (exact) mass is 155 g/mol. The summed E-state index contributed by atoms with van der Waals surface area (Å²) in [5, 5.41) is 0. The number of ether oxygens (including phenoxy) is 1. The summed E-state index contributed by atoms with van der Waals surface area (Å²) in [7, 11) is 3.66. The zero-order chi connectivity index (χ0) is 8.10. The highest BCUT2D eigenvalue weighted by Gasteiger charge is 2.00. The molecule has 0 spiro atoms. The van der Waals surface area contributed by atoms with Crippen LogP contribution in [0, 0.1) is 0 Å². The molecule has 0 saturated carbocycles. The van der Waals surface area contributed by atoms with E-state index in [9.17, 15) is 0 Å². The van der Waals surface area contributed by atoms with Crippen LogP contribution in [-0.2, 0) is 4.74 Å². The molecular weight excluding hydrogens is 142 g/mol. The van der Waals surface area contributed by atoms with Gasteiger partial charge in [0.25, 0.3) is 0 Å². The fourth-order valence-corrected chi connectivity index (χ4v) is 0.826. The Kier molecular flexibility index (Phi) is 2.98. The van der Waals surface area contributed by atoms with Gasteiger partial charge in [-0.3, -0.25) is 0 Å². The zero-order valence-corrected chi connectivity index (χ0v) is 6.91. The van der Waals surface area contributed by atoms with Gasteiger partial charge in [-0.15, -0.1) is 0 Å². The molecule has 0 aliphatic heterocycles. The van der Waals surface area contributed by atoms with Crippen molar-refractivity contribution in [2.45, 2.75) is 0 Å². The lowest BCUT2D eigenvalue weighted by Gasteiger charge is -2.14. The molecule has 11 heavy (non-hydrogen) atoms. The van der Waals surface area contributed by atoms with Crippen LogP contribution in [0.2, 0.25) is 0 Å². The highest BCUT2D eigenvalue weighted by Crippen LogP contribution is 2.11. The number of likely N-dealkylation sites (N-methyl/N-ethyl adjacent to an activating group) is 1. The quantitative estimate of drug-likeness (QED) is 0.656. The largest absolute Gasteiger partial charge is 0.449 e. The molecular formula is C8H13NO2. The highest BCUT2D eigenvalue weighted by molar-refractivity contribution is 5.32. The van der Waals surface area contributed by atoms with Gasteiger partial charge in [0.05, 0.1) is 12.9 Å². The van der Waals surface area contributed by atoms with Crippen molar-refractivity contribution < 1.29 is 9.15 Å². The normalized spacial score (nSPS) is 10.0. The standard InChI is InChI=1S/C8H13NO2/c1-9(5-7-10-2)8-4-3-6-11-8/h3-4,6H,5,7H2,1-2H3. The Morgan fingerprint density at radius 1 is 1.64 bits per heavy atom. The lowest BCUT2D eigenvalue weighted by Crippen LogP contribution is -2.21. The van der Waals surface area contributed by atoms with Crippen molar-refractivity contribution in [2.75, 3.05) is 32.2 Å². The average molecular weight is 155 g/mol. The maximum absolute atomic E-state index is 5.16. The predicted molar refractivity (Wildman–Crippen MR) is 43.9 cm³/mol. The van der Waals surface area contributed by atoms with Crippen molar-refractivity contribution in [3.8, 4) is 0 Å². The van der Waals surface area contributed by atoms with Crippen LogP contribution in [0.4, 0.5) is 5.88 Å². The molecule has 0 saturated heterocycles. The molecule has 3 heteroatoms. The molecule has 0 unspecified atom stereocenters. The van der Waals surface area contributed by atoms with Gasteiger partial charge in [-0.1, -0.05) is 0 Å². The summed E-state index contributed by atoms with van der Waals surface area (Å²) in [5.74, 6) is 0.877. The molecule has 1 aromatic rings. The first-order valence-corrected chi connectivity index (χ1v) is 3.58. The second-order valence-corrected chi connectivity index (χ2v) is 2.37. The number of hydrogen-bond donors (Lipinski definition) is 0. The number of methoxy groups -OCH3 is 1. The van der Waals surface area contributed by atoms with Crippen molar-refractivity contribution in [1.82, 2.24) is 0 Å². The predicted octanol–water partition coefficient (Wildman–Crippen LogP) is 1.36. The third-order valence-corrected chi connectivity index (χ3v) is 1.51. The third kappa shape index (κ3) is 2.27. The van der Waals surface area contributed by atoms with Crippen LogP contribution in [-0.4, -0.2) is 27.3 Å². The minimum atomic E-state index is 0.719. The van der Waals surface area contributed by atoms with Crippen LogP contribution < -0.4 is 4.90 Å². The Morgan fingerprint density at radius 3 is 3.00 bits per heavy atom. The van der Waals surface area contributed by atoms with E-state index in [4.69, 9.17) is 9.15 Å². The van der Waals surface area contributed by atoms with E-state index in [2.05, 4.69) is 0 Å². The SMILES string of the molecule is COCCN(C)c1ccco1. The summed E-state index contributed by atoms with van der Waals surface area (Å²) in [4.78, 5) is 2.00. The van der Waals surface area contributed by atoms with Crippen LogP contribution in [0.1, 0.15) is 0 Å². The molecule has 1 heterocycles. The average Bonchev–Trinajstić information content (AvgIpc) is 2.52. The lowest BCUT2D eigenvalue weighted by molar-refractivity contribution is 0.205. The van der Waals surface area contributed by atoms with Gasteiger partial charge in [0.2, 0.25) is 0 Å². The smallest absolute Gasteiger partial charge is 0.195 e. The van der Waals surface area contributed by atoms with E-state index in [1.165, 1.54) is 0 Å². The molecule has 0 atom stereocenters. The summed E-state index contributed by atoms with van der Waals surface area (Å²) >= 11 is 0. The third-order valence-electron chi connectivity index (χ3n) is 1.51. The molecule has 62 valence electrons. The van der Waals surface area contributed by atoms with Crippen LogP contribution in [0.15, 0.2) is 22.8 Å². The van der Waals surface area contributed by atoms with Gasteiger partial charge in [0.1, 0.15) is 0 Å². The number of rotatable bonds is 4. The van der Waals surface area contributed by atoms with E-state index >= 15 is 0 Å². The van der Waals surface area contributed by atoms with Crippen molar-refractivity contribution in [3.63, 3.8) is 0 Å². The molecule has 1 aromatic heterocycles. The van der Waals surface area contributed by atoms with Crippen molar-refractivity contribution in [2.24, 2.45) is 0 Å². The van der Waals surface area contributed by atoms with Crippen LogP contribution in [0.25, 0.3) is 0 Å². The molecule has 0 aromatic carbocycles. The Balaban J connectivity index is 2.36. The molecule has 0 aliphatic carbocycles. The minimum Gasteiger partial charge on any atom is -0.449 e. The van der Waals surface area contributed by atoms with Gasteiger partial charge >= 0.3 is 0 Å². The Morgan fingerprint density at radius 2 is 2.45 bits per heavy atom. The van der Waals surface area contributed by atoms with E-state index in [-0.39, 0.29) is 0 Å². The van der Waals surface area contributed by atoms with Crippen LogP contribution in [0.3, 0.4) is 0 Å². The van der Waals surface area contributed by atoms with Crippen LogP contribution >= 0.6 is 0 Å². The lowest BCUT2D eigenvalue weighted by atomic mass is 10.5. The van der Waals surface area contributed by atoms with E-state index in [1.54, 1.807) is 13.4 Å². The summed E-state index contributed by atoms with van der Waals surface area (Å²) in [6, 6.07) is 3.80. The van der Waals surface area contributed by atoms with Gasteiger partial charge < -0.3 is 14.1 Å². The Labute approximate surface area is 66.6 Å². The molecule has 0 bridgehead atoms. The van der Waals surface area contributed by atoms with Crippen LogP contribution in [0.5, 0.6) is 0 Å². The maximum atomic E-state index is 5.16. The van der Waals surface area contributed by atoms with E-state index in [1.807, 2.05) is 24.1 Å². The summed E-state index contributed by atoms with van der Waals surface area (Å²) in [6.07, 6.45) is 1.67. The molecule has 0 fully saturated rings. The fourth-order valence-electron chi connectivity index (χ4n) is 0.826. The second-order valence-electron chi connectivity index (χ2n) is 2.37. The van der Waals surface area contributed by atoms with Gasteiger partial charge in [0.15, 0.2) is 5.88 Å². The van der Waals surface area contributed by atoms with E-state index in [0.717, 1.165) is 19.0 Å². The summed E-state index contributed by atoms with van der Waals surface area (Å²) in [6.45, 7) is 1.57. The first kappa shape index (κ1) is 8.14. The molecule has 3 nitrogen and oxygen atoms in total. The van der Waals surface area contributed by atoms with Crippen molar-refractivity contribution >= 4 is 5.88 Å². The first-order valence-electron chi connectivity index (χ1n) is 3.58. The summed E-state index contributed by atoms with van der Waals surface area (Å²) < 4.78 is 10.1. The minimum absolute atomic E-state index is 0.719. The number of anilines is 1.